The summed E-state index contributed by atoms with van der Waals surface area (Å²) in [5.74, 6) is 0.778. The van der Waals surface area contributed by atoms with Crippen LogP contribution in [0.1, 0.15) is 11.1 Å². The van der Waals surface area contributed by atoms with E-state index in [1.54, 1.807) is 6.07 Å². The van der Waals surface area contributed by atoms with Gasteiger partial charge in [0, 0.05) is 11.1 Å². The van der Waals surface area contributed by atoms with Crippen LogP contribution in [0.15, 0.2) is 69.9 Å². The van der Waals surface area contributed by atoms with Crippen LogP contribution in [0.3, 0.4) is 0 Å². The highest BCUT2D eigenvalue weighted by atomic mass is 16.5. The molecule has 0 radical (unpaired) electrons. The summed E-state index contributed by atoms with van der Waals surface area (Å²) in [6, 6.07) is 19.7. The molecule has 2 heterocycles. The first-order chi connectivity index (χ1) is 12.7. The molecule has 1 aliphatic heterocycles. The van der Waals surface area contributed by atoms with Crippen molar-refractivity contribution in [1.82, 2.24) is 0 Å². The third-order valence-electron chi connectivity index (χ3n) is 5.03. The van der Waals surface area contributed by atoms with Crippen molar-refractivity contribution in [3.63, 3.8) is 0 Å². The van der Waals surface area contributed by atoms with E-state index in [9.17, 15) is 4.79 Å². The molecule has 0 spiro atoms. The second-order valence-electron chi connectivity index (χ2n) is 6.61. The van der Waals surface area contributed by atoms with E-state index in [0.717, 1.165) is 27.8 Å². The molecule has 0 fully saturated rings. The van der Waals surface area contributed by atoms with E-state index in [1.165, 1.54) is 5.56 Å². The van der Waals surface area contributed by atoms with Crippen LogP contribution >= 0.6 is 0 Å². The molecular formula is C22H17NO3. The van der Waals surface area contributed by atoms with Gasteiger partial charge in [0.05, 0.1) is 17.5 Å². The fraction of sp³-hybridized carbons (Fsp3) is 0.136. The third-order valence-corrected chi connectivity index (χ3v) is 5.03. The van der Waals surface area contributed by atoms with Crippen LogP contribution in [0.25, 0.3) is 21.7 Å². The molecule has 0 unspecified atom stereocenters. The quantitative estimate of drug-likeness (QED) is 0.374. The van der Waals surface area contributed by atoms with Crippen LogP contribution in [-0.4, -0.2) is 6.73 Å². The number of benzene rings is 3. The number of anilines is 1. The van der Waals surface area contributed by atoms with Crippen molar-refractivity contribution in [2.45, 2.75) is 13.5 Å². The van der Waals surface area contributed by atoms with Gasteiger partial charge >= 0.3 is 5.63 Å². The molecule has 0 aliphatic carbocycles. The highest BCUT2D eigenvalue weighted by Gasteiger charge is 2.23. The van der Waals surface area contributed by atoms with Crippen LogP contribution in [0.2, 0.25) is 0 Å². The van der Waals surface area contributed by atoms with Crippen molar-refractivity contribution in [2.75, 3.05) is 11.6 Å². The van der Waals surface area contributed by atoms with Gasteiger partial charge in [0.1, 0.15) is 11.3 Å². The predicted molar refractivity (Wildman–Crippen MR) is 103 cm³/mol. The standard InChI is InChI=1S/C22H17NO3/c1-14-6-2-5-9-19(14)23-12-18-20(25-13-23)11-10-16-15-7-3-4-8-17(15)22(24)26-21(16)18/h2-11H,12-13H2,1H3. The van der Waals surface area contributed by atoms with E-state index in [-0.39, 0.29) is 5.63 Å². The number of hydrogen-bond donors (Lipinski definition) is 0. The first-order valence-corrected chi connectivity index (χ1v) is 8.63. The van der Waals surface area contributed by atoms with Gasteiger partial charge in [0.25, 0.3) is 0 Å². The van der Waals surface area contributed by atoms with Gasteiger partial charge in [0.15, 0.2) is 6.73 Å². The summed E-state index contributed by atoms with van der Waals surface area (Å²) < 4.78 is 11.7. The third kappa shape index (κ3) is 2.19. The first-order valence-electron chi connectivity index (χ1n) is 8.63. The Hall–Kier alpha value is -3.27. The van der Waals surface area contributed by atoms with E-state index in [2.05, 4.69) is 24.0 Å². The van der Waals surface area contributed by atoms with Gasteiger partial charge in [-0.2, -0.15) is 0 Å². The zero-order valence-electron chi connectivity index (χ0n) is 14.4. The SMILES string of the molecule is Cc1ccccc1N1COc2ccc3c(oc(=O)c4ccccc43)c2C1. The largest absolute Gasteiger partial charge is 0.473 e. The molecule has 0 saturated carbocycles. The molecule has 26 heavy (non-hydrogen) atoms. The normalized spacial score (nSPS) is 13.7. The molecule has 0 amide bonds. The molecule has 128 valence electrons. The van der Waals surface area contributed by atoms with E-state index < -0.39 is 0 Å². The van der Waals surface area contributed by atoms with Crippen LogP contribution < -0.4 is 15.3 Å². The van der Waals surface area contributed by atoms with Gasteiger partial charge in [-0.3, -0.25) is 0 Å². The molecule has 4 nitrogen and oxygen atoms in total. The molecule has 4 aromatic rings. The van der Waals surface area contributed by atoms with Crippen LogP contribution in [0.4, 0.5) is 5.69 Å². The minimum absolute atomic E-state index is 0.311. The average molecular weight is 343 g/mol. The second kappa shape index (κ2) is 5.63. The van der Waals surface area contributed by atoms with E-state index in [4.69, 9.17) is 9.15 Å². The molecule has 3 aromatic carbocycles. The van der Waals surface area contributed by atoms with E-state index in [0.29, 0.717) is 24.2 Å². The number of ether oxygens (including phenoxy) is 1. The minimum atomic E-state index is -0.311. The summed E-state index contributed by atoms with van der Waals surface area (Å²) in [4.78, 5) is 14.6. The summed E-state index contributed by atoms with van der Waals surface area (Å²) in [6.45, 7) is 3.20. The van der Waals surface area contributed by atoms with Crippen molar-refractivity contribution in [1.29, 1.82) is 0 Å². The van der Waals surface area contributed by atoms with Crippen LogP contribution in [0.5, 0.6) is 5.75 Å². The van der Waals surface area contributed by atoms with Gasteiger partial charge in [0.2, 0.25) is 0 Å². The molecule has 5 rings (SSSR count). The minimum Gasteiger partial charge on any atom is -0.473 e. The topological polar surface area (TPSA) is 42.7 Å². The summed E-state index contributed by atoms with van der Waals surface area (Å²) in [5, 5.41) is 2.45. The Morgan fingerprint density at radius 2 is 1.65 bits per heavy atom. The lowest BCUT2D eigenvalue weighted by atomic mass is 10.0. The monoisotopic (exact) mass is 343 g/mol. The van der Waals surface area contributed by atoms with Crippen molar-refractivity contribution in [2.24, 2.45) is 0 Å². The molecular weight excluding hydrogens is 326 g/mol. The summed E-state index contributed by atoms with van der Waals surface area (Å²) >= 11 is 0. The molecule has 4 heteroatoms. The molecule has 1 aliphatic rings. The van der Waals surface area contributed by atoms with E-state index in [1.807, 2.05) is 42.5 Å². The lowest BCUT2D eigenvalue weighted by molar-refractivity contribution is 0.289. The maximum absolute atomic E-state index is 12.5. The smallest absolute Gasteiger partial charge is 0.344 e. The highest BCUT2D eigenvalue weighted by molar-refractivity contribution is 6.05. The Kier molecular flexibility index (Phi) is 3.25. The number of fused-ring (bicyclic) bond motifs is 5. The van der Waals surface area contributed by atoms with Gasteiger partial charge in [-0.15, -0.1) is 0 Å². The molecule has 0 N–H and O–H groups in total. The number of rotatable bonds is 1. The zero-order valence-corrected chi connectivity index (χ0v) is 14.4. The van der Waals surface area contributed by atoms with Crippen molar-refractivity contribution in [3.05, 3.63) is 82.2 Å². The molecule has 1 aromatic heterocycles. The maximum atomic E-state index is 12.5. The second-order valence-corrected chi connectivity index (χ2v) is 6.61. The van der Waals surface area contributed by atoms with Gasteiger partial charge in [-0.25, -0.2) is 4.79 Å². The Morgan fingerprint density at radius 3 is 2.50 bits per heavy atom. The van der Waals surface area contributed by atoms with Crippen molar-refractivity contribution in [3.8, 4) is 5.75 Å². The zero-order chi connectivity index (χ0) is 17.7. The Labute approximate surface area is 150 Å². The van der Waals surface area contributed by atoms with Gasteiger partial charge < -0.3 is 14.1 Å². The Bertz CT molecular complexity index is 1210. The fourth-order valence-corrected chi connectivity index (χ4v) is 3.72. The summed E-state index contributed by atoms with van der Waals surface area (Å²) in [6.07, 6.45) is 0. The molecule has 0 saturated heterocycles. The highest BCUT2D eigenvalue weighted by Crippen LogP contribution is 2.36. The van der Waals surface area contributed by atoms with E-state index >= 15 is 0 Å². The van der Waals surface area contributed by atoms with Crippen LogP contribution in [0, 0.1) is 6.92 Å². The fourth-order valence-electron chi connectivity index (χ4n) is 3.72. The Balaban J connectivity index is 1.73. The first kappa shape index (κ1) is 15.0. The number of nitrogens with zero attached hydrogens (tertiary/aromatic N) is 1. The Morgan fingerprint density at radius 1 is 0.885 bits per heavy atom. The lowest BCUT2D eigenvalue weighted by Gasteiger charge is -2.32. The lowest BCUT2D eigenvalue weighted by Crippen LogP contribution is -2.32. The summed E-state index contributed by atoms with van der Waals surface area (Å²) in [5.41, 5.74) is 3.53. The van der Waals surface area contributed by atoms with Crippen LogP contribution in [-0.2, 0) is 6.54 Å². The van der Waals surface area contributed by atoms with Gasteiger partial charge in [-0.05, 0) is 42.1 Å². The molecule has 0 atom stereocenters. The van der Waals surface area contributed by atoms with Gasteiger partial charge in [-0.1, -0.05) is 36.4 Å². The number of hydrogen-bond acceptors (Lipinski definition) is 4. The number of para-hydroxylation sites is 1. The van der Waals surface area contributed by atoms with Crippen molar-refractivity contribution >= 4 is 27.4 Å². The molecule has 0 bridgehead atoms. The predicted octanol–water partition coefficient (Wildman–Crippen LogP) is 4.61. The maximum Gasteiger partial charge on any atom is 0.344 e. The average Bonchev–Trinajstić information content (AvgIpc) is 2.68. The summed E-state index contributed by atoms with van der Waals surface area (Å²) in [7, 11) is 0. The van der Waals surface area contributed by atoms with Crippen molar-refractivity contribution < 1.29 is 9.15 Å². The number of aryl methyl sites for hydroxylation is 1.